The first-order valence-electron chi connectivity index (χ1n) is 17.4. The van der Waals surface area contributed by atoms with E-state index in [4.69, 9.17) is 21.1 Å². The minimum Gasteiger partial charge on any atom is -0.488 e. The zero-order valence-electron chi connectivity index (χ0n) is 27.6. The summed E-state index contributed by atoms with van der Waals surface area (Å²) in [5.41, 5.74) is 7.48. The van der Waals surface area contributed by atoms with E-state index in [-0.39, 0.29) is 0 Å². The molecule has 0 N–H and O–H groups in total. The highest BCUT2D eigenvalue weighted by molar-refractivity contribution is 6.20. The zero-order chi connectivity index (χ0) is 31.0. The molecule has 1 aliphatic rings. The highest BCUT2D eigenvalue weighted by Gasteiger charge is 2.27. The van der Waals surface area contributed by atoms with Crippen molar-refractivity contribution in [3.05, 3.63) is 101 Å². The Labute approximate surface area is 273 Å². The molecule has 0 fully saturated rings. The number of hydrogen-bond donors (Lipinski definition) is 0. The lowest BCUT2D eigenvalue weighted by Gasteiger charge is -2.30. The SMILES string of the molecule is CCCCCCCC(C)Cc1cc(OCc2ccccc2)c(C2=C(CCl)CCC(CCCC)C2)c(OCc2ccccc2)c1. The zero-order valence-corrected chi connectivity index (χ0v) is 28.3. The van der Waals surface area contributed by atoms with Crippen LogP contribution in [0.1, 0.15) is 120 Å². The van der Waals surface area contributed by atoms with Crippen LogP contribution < -0.4 is 9.47 Å². The molecule has 4 rings (SSSR count). The van der Waals surface area contributed by atoms with Gasteiger partial charge in [0.15, 0.2) is 0 Å². The molecular weight excluding hydrogens is 560 g/mol. The Kier molecular flexibility index (Phi) is 14.7. The van der Waals surface area contributed by atoms with E-state index in [0.29, 0.717) is 30.9 Å². The molecule has 44 heavy (non-hydrogen) atoms. The fourth-order valence-electron chi connectivity index (χ4n) is 6.59. The van der Waals surface area contributed by atoms with Gasteiger partial charge in [0.1, 0.15) is 24.7 Å². The molecule has 2 nitrogen and oxygen atoms in total. The summed E-state index contributed by atoms with van der Waals surface area (Å²) in [6, 6.07) is 25.6. The summed E-state index contributed by atoms with van der Waals surface area (Å²) < 4.78 is 13.5. The molecule has 0 bridgehead atoms. The summed E-state index contributed by atoms with van der Waals surface area (Å²) in [6.45, 7) is 8.04. The Morgan fingerprint density at radius 1 is 0.750 bits per heavy atom. The van der Waals surface area contributed by atoms with Gasteiger partial charge in [-0.05, 0) is 71.9 Å². The van der Waals surface area contributed by atoms with Crippen LogP contribution in [-0.4, -0.2) is 5.88 Å². The van der Waals surface area contributed by atoms with Gasteiger partial charge in [-0.2, -0.15) is 0 Å². The molecule has 0 aromatic heterocycles. The van der Waals surface area contributed by atoms with E-state index in [2.05, 4.69) is 93.6 Å². The first-order valence-corrected chi connectivity index (χ1v) is 17.9. The molecule has 2 atom stereocenters. The third-order valence-electron chi connectivity index (χ3n) is 9.19. The van der Waals surface area contributed by atoms with Gasteiger partial charge in [0.2, 0.25) is 0 Å². The van der Waals surface area contributed by atoms with Gasteiger partial charge in [-0.15, -0.1) is 11.6 Å². The Morgan fingerprint density at radius 2 is 1.34 bits per heavy atom. The number of hydrogen-bond acceptors (Lipinski definition) is 2. The first-order chi connectivity index (χ1) is 21.6. The van der Waals surface area contributed by atoms with Crippen LogP contribution in [0.4, 0.5) is 0 Å². The second-order valence-corrected chi connectivity index (χ2v) is 13.3. The topological polar surface area (TPSA) is 18.5 Å². The largest absolute Gasteiger partial charge is 0.488 e. The smallest absolute Gasteiger partial charge is 0.131 e. The monoisotopic (exact) mass is 614 g/mol. The summed E-state index contributed by atoms with van der Waals surface area (Å²) in [5, 5.41) is 0. The molecule has 3 aromatic carbocycles. The van der Waals surface area contributed by atoms with Crippen molar-refractivity contribution in [2.45, 2.75) is 117 Å². The minimum absolute atomic E-state index is 0.533. The second-order valence-electron chi connectivity index (χ2n) is 13.0. The van der Waals surface area contributed by atoms with Gasteiger partial charge < -0.3 is 9.47 Å². The lowest BCUT2D eigenvalue weighted by molar-refractivity contribution is 0.286. The number of halogens is 1. The van der Waals surface area contributed by atoms with E-state index in [1.54, 1.807) is 0 Å². The van der Waals surface area contributed by atoms with E-state index in [9.17, 15) is 0 Å². The number of benzene rings is 3. The fraction of sp³-hybridized carbons (Fsp3) is 0.512. The number of allylic oxidation sites excluding steroid dienone is 2. The van der Waals surface area contributed by atoms with Crippen LogP contribution >= 0.6 is 11.6 Å². The average molecular weight is 615 g/mol. The molecule has 238 valence electrons. The third kappa shape index (κ3) is 10.7. The highest BCUT2D eigenvalue weighted by atomic mass is 35.5. The maximum Gasteiger partial charge on any atom is 0.131 e. The first kappa shape index (κ1) is 34.2. The molecule has 3 heteroatoms. The Balaban J connectivity index is 1.71. The quantitative estimate of drug-likeness (QED) is 0.0987. The fourth-order valence-corrected chi connectivity index (χ4v) is 6.88. The molecule has 0 saturated heterocycles. The standard InChI is InChI=1S/C41H55ClO2/c1-4-6-8-9-12-17-32(3)25-36-27-39(43-30-34-19-13-10-14-20-34)41(40(28-36)44-31-35-21-15-11-16-22-35)38-26-33(18-7-5-2)23-24-37(38)29-42/h10-11,13-16,19-22,27-28,32-33H,4-9,12,17-18,23-26,29-31H2,1-3H3. The summed E-state index contributed by atoms with van der Waals surface area (Å²) in [5.74, 6) is 3.73. The van der Waals surface area contributed by atoms with Gasteiger partial charge in [0.25, 0.3) is 0 Å². The predicted octanol–water partition coefficient (Wildman–Crippen LogP) is 12.4. The van der Waals surface area contributed by atoms with E-state index < -0.39 is 0 Å². The van der Waals surface area contributed by atoms with E-state index in [0.717, 1.165) is 36.3 Å². The lowest BCUT2D eigenvalue weighted by Crippen LogP contribution is -2.14. The molecule has 0 saturated carbocycles. The highest BCUT2D eigenvalue weighted by Crippen LogP contribution is 2.46. The van der Waals surface area contributed by atoms with Crippen LogP contribution in [0, 0.1) is 11.8 Å². The van der Waals surface area contributed by atoms with Crippen LogP contribution in [0.5, 0.6) is 11.5 Å². The summed E-state index contributed by atoms with van der Waals surface area (Å²) in [4.78, 5) is 0. The Hall–Kier alpha value is -2.71. The third-order valence-corrected chi connectivity index (χ3v) is 9.51. The van der Waals surface area contributed by atoms with Crippen molar-refractivity contribution in [3.8, 4) is 11.5 Å². The van der Waals surface area contributed by atoms with Crippen LogP contribution in [0.25, 0.3) is 5.57 Å². The van der Waals surface area contributed by atoms with Crippen LogP contribution in [0.15, 0.2) is 78.4 Å². The van der Waals surface area contributed by atoms with Gasteiger partial charge in [-0.1, -0.05) is 145 Å². The van der Waals surface area contributed by atoms with Crippen LogP contribution in [0.3, 0.4) is 0 Å². The van der Waals surface area contributed by atoms with E-state index in [1.165, 1.54) is 92.0 Å². The number of rotatable bonds is 19. The van der Waals surface area contributed by atoms with Crippen molar-refractivity contribution >= 4 is 17.2 Å². The Bertz CT molecular complexity index is 1200. The number of ether oxygens (including phenoxy) is 2. The second kappa shape index (κ2) is 18.9. The molecule has 0 amide bonds. The van der Waals surface area contributed by atoms with Crippen LogP contribution in [0.2, 0.25) is 0 Å². The molecular formula is C41H55ClO2. The lowest BCUT2D eigenvalue weighted by atomic mass is 9.78. The summed E-state index contributed by atoms with van der Waals surface area (Å²) in [6.07, 6.45) is 16.0. The molecule has 0 aliphatic heterocycles. The summed E-state index contributed by atoms with van der Waals surface area (Å²) >= 11 is 6.67. The van der Waals surface area contributed by atoms with Crippen molar-refractivity contribution in [1.82, 2.24) is 0 Å². The molecule has 0 radical (unpaired) electrons. The van der Waals surface area contributed by atoms with Gasteiger partial charge in [0.05, 0.1) is 5.56 Å². The number of unbranched alkanes of at least 4 members (excludes halogenated alkanes) is 5. The van der Waals surface area contributed by atoms with Gasteiger partial charge in [-0.3, -0.25) is 0 Å². The minimum atomic E-state index is 0.533. The van der Waals surface area contributed by atoms with Crippen molar-refractivity contribution in [1.29, 1.82) is 0 Å². The van der Waals surface area contributed by atoms with Gasteiger partial charge in [0, 0.05) is 5.88 Å². The van der Waals surface area contributed by atoms with Crippen molar-refractivity contribution in [2.24, 2.45) is 11.8 Å². The van der Waals surface area contributed by atoms with Crippen LogP contribution in [-0.2, 0) is 19.6 Å². The number of alkyl halides is 1. The van der Waals surface area contributed by atoms with Gasteiger partial charge in [-0.25, -0.2) is 0 Å². The molecule has 2 unspecified atom stereocenters. The van der Waals surface area contributed by atoms with E-state index in [1.807, 2.05) is 0 Å². The predicted molar refractivity (Wildman–Crippen MR) is 189 cm³/mol. The van der Waals surface area contributed by atoms with Gasteiger partial charge >= 0.3 is 0 Å². The van der Waals surface area contributed by atoms with Crippen molar-refractivity contribution < 1.29 is 9.47 Å². The average Bonchev–Trinajstić information content (AvgIpc) is 3.06. The van der Waals surface area contributed by atoms with Crippen molar-refractivity contribution in [3.63, 3.8) is 0 Å². The normalized spacial score (nSPS) is 15.8. The summed E-state index contributed by atoms with van der Waals surface area (Å²) in [7, 11) is 0. The molecule has 0 spiro atoms. The Morgan fingerprint density at radius 3 is 1.91 bits per heavy atom. The maximum atomic E-state index is 6.77. The molecule has 0 heterocycles. The van der Waals surface area contributed by atoms with Crippen molar-refractivity contribution in [2.75, 3.05) is 5.88 Å². The molecule has 3 aromatic rings. The molecule has 1 aliphatic carbocycles. The maximum absolute atomic E-state index is 6.77. The van der Waals surface area contributed by atoms with E-state index >= 15 is 0 Å².